The first-order valence-electron chi connectivity index (χ1n) is 9.83. The predicted molar refractivity (Wildman–Crippen MR) is 111 cm³/mol. The number of hydrogen-bond donors (Lipinski definition) is 0. The summed E-state index contributed by atoms with van der Waals surface area (Å²) in [7, 11) is 1.23. The zero-order chi connectivity index (χ0) is 23.0. The zero-order valence-electron chi connectivity index (χ0n) is 17.6. The highest BCUT2D eigenvalue weighted by atomic mass is 32.2. The Balaban J connectivity index is 1.44. The number of thioether (sulfide) groups is 1. The lowest BCUT2D eigenvalue weighted by molar-refractivity contribution is -0.147. The van der Waals surface area contributed by atoms with Gasteiger partial charge in [-0.05, 0) is 32.0 Å². The molecule has 0 aliphatic carbocycles. The first-order valence-corrected chi connectivity index (χ1v) is 10.8. The summed E-state index contributed by atoms with van der Waals surface area (Å²) in [4.78, 5) is 12.8. The number of aromatic nitrogens is 4. The Labute approximate surface area is 186 Å². The Hall–Kier alpha value is -2.95. The van der Waals surface area contributed by atoms with Crippen LogP contribution >= 0.6 is 11.8 Å². The standard InChI is InChI=1S/C21H21F3N4O3S/c1-12-8-15(16(29)11-32-20-26-25-19(27(20)3)21(22,23)24)13(2)28(12)9-14-10-30-17-6-4-5-7-18(17)31-14/h4-8,14H,9-11H2,1-3H3. The lowest BCUT2D eigenvalue weighted by Crippen LogP contribution is -2.33. The lowest BCUT2D eigenvalue weighted by atomic mass is 10.2. The molecule has 1 unspecified atom stereocenters. The molecule has 1 aromatic carbocycles. The quantitative estimate of drug-likeness (QED) is 0.403. The van der Waals surface area contributed by atoms with Crippen molar-refractivity contribution in [1.82, 2.24) is 19.3 Å². The smallest absolute Gasteiger partial charge is 0.451 e. The highest BCUT2D eigenvalue weighted by Gasteiger charge is 2.37. The minimum Gasteiger partial charge on any atom is -0.486 e. The van der Waals surface area contributed by atoms with E-state index < -0.39 is 12.0 Å². The van der Waals surface area contributed by atoms with Gasteiger partial charge >= 0.3 is 6.18 Å². The van der Waals surface area contributed by atoms with Gasteiger partial charge in [0.2, 0.25) is 5.82 Å². The molecule has 11 heteroatoms. The van der Waals surface area contributed by atoms with E-state index in [1.807, 2.05) is 42.7 Å². The molecule has 7 nitrogen and oxygen atoms in total. The van der Waals surface area contributed by atoms with Gasteiger partial charge in [-0.25, -0.2) is 0 Å². The number of benzene rings is 1. The number of hydrogen-bond acceptors (Lipinski definition) is 6. The maximum atomic E-state index is 12.9. The van der Waals surface area contributed by atoms with Crippen LogP contribution in [-0.4, -0.2) is 43.6 Å². The summed E-state index contributed by atoms with van der Waals surface area (Å²) in [5, 5.41) is 6.77. The molecule has 1 atom stereocenters. The average molecular weight is 466 g/mol. The Kier molecular flexibility index (Phi) is 5.93. The fraction of sp³-hybridized carbons (Fsp3) is 0.381. The van der Waals surface area contributed by atoms with Crippen molar-refractivity contribution < 1.29 is 27.4 Å². The van der Waals surface area contributed by atoms with Crippen LogP contribution in [0.2, 0.25) is 0 Å². The van der Waals surface area contributed by atoms with Crippen molar-refractivity contribution in [3.05, 3.63) is 53.1 Å². The van der Waals surface area contributed by atoms with E-state index in [4.69, 9.17) is 9.47 Å². The molecular formula is C21H21F3N4O3S. The summed E-state index contributed by atoms with van der Waals surface area (Å²) < 4.78 is 53.3. The van der Waals surface area contributed by atoms with Gasteiger partial charge in [0.15, 0.2) is 28.5 Å². The van der Waals surface area contributed by atoms with E-state index in [2.05, 4.69) is 10.2 Å². The van der Waals surface area contributed by atoms with Gasteiger partial charge < -0.3 is 18.6 Å². The maximum Gasteiger partial charge on any atom is 0.451 e. The van der Waals surface area contributed by atoms with Crippen LogP contribution in [0.25, 0.3) is 0 Å². The zero-order valence-corrected chi connectivity index (χ0v) is 18.5. The Bertz CT molecular complexity index is 1160. The lowest BCUT2D eigenvalue weighted by Gasteiger charge is -2.27. The molecule has 3 heterocycles. The molecule has 0 bridgehead atoms. The van der Waals surface area contributed by atoms with Gasteiger partial charge in [-0.3, -0.25) is 4.79 Å². The summed E-state index contributed by atoms with van der Waals surface area (Å²) in [5.74, 6) is 0.0414. The fourth-order valence-corrected chi connectivity index (χ4v) is 4.41. The molecule has 3 aromatic rings. The molecular weight excluding hydrogens is 445 g/mol. The van der Waals surface area contributed by atoms with Gasteiger partial charge in [-0.1, -0.05) is 23.9 Å². The second-order valence-electron chi connectivity index (χ2n) is 7.47. The number of ketones is 1. The number of fused-ring (bicyclic) bond motifs is 1. The van der Waals surface area contributed by atoms with Crippen molar-refractivity contribution in [1.29, 1.82) is 0 Å². The predicted octanol–water partition coefficient (Wildman–Crippen LogP) is 4.07. The summed E-state index contributed by atoms with van der Waals surface area (Å²) >= 11 is 0.925. The van der Waals surface area contributed by atoms with Crippen molar-refractivity contribution >= 4 is 17.5 Å². The van der Waals surface area contributed by atoms with Gasteiger partial charge in [0, 0.05) is 24.0 Å². The van der Waals surface area contributed by atoms with Gasteiger partial charge in [0.05, 0.1) is 12.3 Å². The Morgan fingerprint density at radius 3 is 2.62 bits per heavy atom. The van der Waals surface area contributed by atoms with Crippen LogP contribution in [0.5, 0.6) is 11.5 Å². The van der Waals surface area contributed by atoms with E-state index in [1.54, 1.807) is 6.07 Å². The van der Waals surface area contributed by atoms with Gasteiger partial charge in [0.1, 0.15) is 6.61 Å². The monoisotopic (exact) mass is 466 g/mol. The second-order valence-corrected chi connectivity index (χ2v) is 8.41. The van der Waals surface area contributed by atoms with E-state index in [-0.39, 0.29) is 22.8 Å². The molecule has 0 spiro atoms. The molecule has 1 aliphatic heterocycles. The summed E-state index contributed by atoms with van der Waals surface area (Å²) in [5.41, 5.74) is 2.17. The molecule has 4 rings (SSSR count). The van der Waals surface area contributed by atoms with E-state index in [0.717, 1.165) is 27.7 Å². The Morgan fingerprint density at radius 2 is 1.94 bits per heavy atom. The third kappa shape index (κ3) is 4.34. The number of rotatable bonds is 6. The topological polar surface area (TPSA) is 71.2 Å². The van der Waals surface area contributed by atoms with Gasteiger partial charge in [0.25, 0.3) is 0 Å². The van der Waals surface area contributed by atoms with Crippen molar-refractivity contribution in [3.8, 4) is 11.5 Å². The molecule has 1 aliphatic rings. The number of alkyl halides is 3. The molecule has 0 saturated carbocycles. The number of carbonyl (C=O) groups excluding carboxylic acids is 1. The van der Waals surface area contributed by atoms with Gasteiger partial charge in [-0.2, -0.15) is 13.2 Å². The maximum absolute atomic E-state index is 12.9. The molecule has 0 N–H and O–H groups in total. The van der Waals surface area contributed by atoms with E-state index in [9.17, 15) is 18.0 Å². The molecule has 0 fully saturated rings. The number of nitrogens with zero attached hydrogens (tertiary/aromatic N) is 4. The van der Waals surface area contributed by atoms with Crippen LogP contribution in [0.1, 0.15) is 27.6 Å². The number of carbonyl (C=O) groups is 1. The molecule has 2 aromatic heterocycles. The Morgan fingerprint density at radius 1 is 1.22 bits per heavy atom. The number of para-hydroxylation sites is 2. The largest absolute Gasteiger partial charge is 0.486 e. The van der Waals surface area contributed by atoms with Crippen LogP contribution in [0.3, 0.4) is 0 Å². The third-order valence-corrected chi connectivity index (χ3v) is 6.27. The SMILES string of the molecule is Cc1cc(C(=O)CSc2nnc(C(F)(F)F)n2C)c(C)n1CC1COc2ccccc2O1. The number of halogens is 3. The van der Waals surface area contributed by atoms with Gasteiger partial charge in [-0.15, -0.1) is 10.2 Å². The normalized spacial score (nSPS) is 15.8. The first kappa shape index (κ1) is 22.3. The first-order chi connectivity index (χ1) is 15.1. The van der Waals surface area contributed by atoms with Crippen molar-refractivity contribution in [2.45, 2.75) is 37.8 Å². The van der Waals surface area contributed by atoms with Crippen molar-refractivity contribution in [2.24, 2.45) is 7.05 Å². The molecule has 32 heavy (non-hydrogen) atoms. The minimum atomic E-state index is -4.60. The second kappa shape index (κ2) is 8.53. The summed E-state index contributed by atoms with van der Waals surface area (Å²) in [6, 6.07) is 9.23. The number of ether oxygens (including phenoxy) is 2. The molecule has 0 amide bonds. The highest BCUT2D eigenvalue weighted by Crippen LogP contribution is 2.32. The van der Waals surface area contributed by atoms with Crippen LogP contribution in [0.4, 0.5) is 13.2 Å². The van der Waals surface area contributed by atoms with Crippen molar-refractivity contribution in [3.63, 3.8) is 0 Å². The average Bonchev–Trinajstić information content (AvgIpc) is 3.26. The fourth-order valence-electron chi connectivity index (χ4n) is 3.62. The summed E-state index contributed by atoms with van der Waals surface area (Å²) in [6.07, 6.45) is -4.81. The van der Waals surface area contributed by atoms with Crippen molar-refractivity contribution in [2.75, 3.05) is 12.4 Å². The molecule has 0 radical (unpaired) electrons. The summed E-state index contributed by atoms with van der Waals surface area (Å²) in [6.45, 7) is 4.63. The van der Waals surface area contributed by atoms with E-state index in [0.29, 0.717) is 30.2 Å². The van der Waals surface area contributed by atoms with Crippen LogP contribution in [0.15, 0.2) is 35.5 Å². The third-order valence-electron chi connectivity index (χ3n) is 5.25. The van der Waals surface area contributed by atoms with E-state index in [1.165, 1.54) is 7.05 Å². The van der Waals surface area contributed by atoms with Crippen LogP contribution in [0, 0.1) is 13.8 Å². The number of aryl methyl sites for hydroxylation is 1. The van der Waals surface area contributed by atoms with Crippen LogP contribution < -0.4 is 9.47 Å². The molecule has 170 valence electrons. The van der Waals surface area contributed by atoms with E-state index >= 15 is 0 Å². The highest BCUT2D eigenvalue weighted by molar-refractivity contribution is 7.99. The van der Waals surface area contributed by atoms with Crippen LogP contribution in [-0.2, 0) is 19.8 Å². The number of Topliss-reactive ketones (excluding diaryl/α,β-unsaturated/α-hetero) is 1. The molecule has 0 saturated heterocycles. The minimum absolute atomic E-state index is 0.0332.